The lowest BCUT2D eigenvalue weighted by Gasteiger charge is -2.25. The van der Waals surface area contributed by atoms with Gasteiger partial charge >= 0.3 is 0 Å². The Hall–Kier alpha value is 0.0300. The van der Waals surface area contributed by atoms with E-state index in [0.29, 0.717) is 6.17 Å². The summed E-state index contributed by atoms with van der Waals surface area (Å²) in [5.41, 5.74) is 0. The monoisotopic (exact) mass is 424 g/mol. The van der Waals surface area contributed by atoms with E-state index >= 15 is 0 Å². The van der Waals surface area contributed by atoms with Gasteiger partial charge in [0.05, 0.1) is 27.3 Å². The first-order valence-electron chi connectivity index (χ1n) is 11.3. The van der Waals surface area contributed by atoms with Gasteiger partial charge in [0, 0.05) is 6.42 Å². The van der Waals surface area contributed by atoms with Gasteiger partial charge in [0.25, 0.3) is 7.82 Å². The van der Waals surface area contributed by atoms with E-state index in [9.17, 15) is 9.46 Å². The number of nitrogens with one attached hydrogen (secondary N) is 1. The number of quaternary nitrogens is 1. The summed E-state index contributed by atoms with van der Waals surface area (Å²) in [4.78, 5) is 14.8. The number of rotatable bonds is 17. The van der Waals surface area contributed by atoms with Crippen LogP contribution in [0.25, 0.3) is 0 Å². The molecule has 1 N–H and O–H groups in total. The Morgan fingerprint density at radius 1 is 0.857 bits per heavy atom. The molecule has 0 aliphatic carbocycles. The lowest BCUT2D eigenvalue weighted by Crippen LogP contribution is -3.11. The van der Waals surface area contributed by atoms with Crippen molar-refractivity contribution in [1.82, 2.24) is 4.90 Å². The Kier molecular flexibility index (Phi) is 21.9. The minimum Gasteiger partial charge on any atom is -0.756 e. The molecule has 0 bridgehead atoms. The molecular weight excluding hydrogens is 375 g/mol. The maximum atomic E-state index is 11.1. The molecule has 0 aromatic rings. The molecule has 0 aliphatic heterocycles. The fourth-order valence-corrected chi connectivity index (χ4v) is 3.99. The molecule has 7 heteroatoms. The van der Waals surface area contributed by atoms with Gasteiger partial charge in [-0.25, -0.2) is 0 Å². The Morgan fingerprint density at radius 2 is 1.32 bits per heavy atom. The number of hydrogen-bond acceptors (Lipinski definition) is 5. The van der Waals surface area contributed by atoms with Gasteiger partial charge in [-0.1, -0.05) is 71.6 Å². The predicted octanol–water partition coefficient (Wildman–Crippen LogP) is 3.86. The van der Waals surface area contributed by atoms with Crippen molar-refractivity contribution in [1.29, 1.82) is 0 Å². The smallest absolute Gasteiger partial charge is 0.267 e. The summed E-state index contributed by atoms with van der Waals surface area (Å²) >= 11 is 0. The van der Waals surface area contributed by atoms with E-state index < -0.39 is 7.82 Å². The zero-order chi connectivity index (χ0) is 21.8. The van der Waals surface area contributed by atoms with Gasteiger partial charge in [0.15, 0.2) is 0 Å². The highest BCUT2D eigenvalue weighted by atomic mass is 31.2. The van der Waals surface area contributed by atoms with Crippen LogP contribution in [-0.4, -0.2) is 52.5 Å². The van der Waals surface area contributed by atoms with Gasteiger partial charge in [-0.2, -0.15) is 0 Å². The molecule has 0 aliphatic rings. The second-order valence-electron chi connectivity index (χ2n) is 7.85. The van der Waals surface area contributed by atoms with Crippen LogP contribution in [0.1, 0.15) is 91.4 Å². The quantitative estimate of drug-likeness (QED) is 0.218. The molecule has 0 radical (unpaired) electrons. The molecule has 0 spiro atoms. The number of phosphoric acid groups is 1. The molecule has 172 valence electrons. The standard InChI is InChI=1S/C14H31O4P.C7H18N2/c1-3-5-6-7-8-9-10-11-12-13-14-18-19(15,16)17-4-2;1-6-7(8(2)3)9(4)5/h3-14H2,1-2H3,(H,15,16);7H,6H2,1-5H3. The summed E-state index contributed by atoms with van der Waals surface area (Å²) in [5.74, 6) is 0. The third-order valence-corrected chi connectivity index (χ3v) is 5.78. The number of nitrogens with zero attached hydrogens (tertiary/aromatic N) is 1. The van der Waals surface area contributed by atoms with Gasteiger partial charge < -0.3 is 18.8 Å². The Labute approximate surface area is 175 Å². The van der Waals surface area contributed by atoms with Crippen LogP contribution in [0.2, 0.25) is 0 Å². The van der Waals surface area contributed by atoms with Crippen LogP contribution in [-0.2, 0) is 13.6 Å². The van der Waals surface area contributed by atoms with E-state index in [1.54, 1.807) is 6.92 Å². The molecule has 0 amide bonds. The molecule has 2 unspecified atom stereocenters. The van der Waals surface area contributed by atoms with Crippen LogP contribution < -0.4 is 9.79 Å². The topological polar surface area (TPSA) is 66.3 Å². The number of phosphoric ester groups is 1. The average Bonchev–Trinajstić information content (AvgIpc) is 2.60. The minimum absolute atomic E-state index is 0.138. The van der Waals surface area contributed by atoms with Crippen LogP contribution >= 0.6 is 7.82 Å². The molecule has 0 fully saturated rings. The Balaban J connectivity index is 0. The van der Waals surface area contributed by atoms with Crippen molar-refractivity contribution in [3.63, 3.8) is 0 Å². The van der Waals surface area contributed by atoms with Gasteiger partial charge in [-0.3, -0.25) is 9.46 Å². The second-order valence-corrected chi connectivity index (χ2v) is 9.26. The van der Waals surface area contributed by atoms with Crippen LogP contribution in [0.3, 0.4) is 0 Å². The summed E-state index contributed by atoms with van der Waals surface area (Å²) in [5, 5.41) is 0. The van der Waals surface area contributed by atoms with Crippen molar-refractivity contribution in [2.24, 2.45) is 0 Å². The fourth-order valence-electron chi connectivity index (χ4n) is 3.25. The van der Waals surface area contributed by atoms with Crippen molar-refractivity contribution in [3.8, 4) is 0 Å². The lowest BCUT2D eigenvalue weighted by atomic mass is 10.1. The molecular formula is C21H49N2O4P. The summed E-state index contributed by atoms with van der Waals surface area (Å²) in [6.45, 7) is 6.47. The molecule has 0 aromatic carbocycles. The molecule has 0 saturated carbocycles. The van der Waals surface area contributed by atoms with Gasteiger partial charge in [-0.05, 0) is 27.4 Å². The van der Waals surface area contributed by atoms with Gasteiger partial charge in [-0.15, -0.1) is 0 Å². The third-order valence-electron chi connectivity index (χ3n) is 4.71. The minimum atomic E-state index is -4.02. The molecule has 28 heavy (non-hydrogen) atoms. The highest BCUT2D eigenvalue weighted by molar-refractivity contribution is 7.45. The second kappa shape index (κ2) is 20.3. The number of unbranched alkanes of at least 4 members (excludes halogenated alkanes) is 9. The van der Waals surface area contributed by atoms with Crippen molar-refractivity contribution in [2.45, 2.75) is 97.6 Å². The first kappa shape index (κ1) is 30.2. The maximum Gasteiger partial charge on any atom is 0.267 e. The molecule has 0 rings (SSSR count). The summed E-state index contributed by atoms with van der Waals surface area (Å²) in [7, 11) is 4.61. The zero-order valence-corrected chi connectivity index (χ0v) is 20.7. The van der Waals surface area contributed by atoms with Crippen LogP contribution in [0.4, 0.5) is 0 Å². The van der Waals surface area contributed by atoms with E-state index in [-0.39, 0.29) is 13.2 Å². The predicted molar refractivity (Wildman–Crippen MR) is 118 cm³/mol. The van der Waals surface area contributed by atoms with Crippen molar-refractivity contribution in [3.05, 3.63) is 0 Å². The van der Waals surface area contributed by atoms with Gasteiger partial charge in [0.1, 0.15) is 6.17 Å². The van der Waals surface area contributed by atoms with Crippen LogP contribution in [0, 0.1) is 0 Å². The Bertz CT molecular complexity index is 360. The van der Waals surface area contributed by atoms with Crippen molar-refractivity contribution in [2.75, 3.05) is 41.4 Å². The SMILES string of the molecule is CCC(N(C)C)[NH+](C)C.CCCCCCCCCCCCOP(=O)([O-])OCC. The first-order valence-corrected chi connectivity index (χ1v) is 12.7. The number of hydrogen-bond donors (Lipinski definition) is 1. The highest BCUT2D eigenvalue weighted by Crippen LogP contribution is 2.37. The summed E-state index contributed by atoms with van der Waals surface area (Å²) in [6, 6.07) is 0. The lowest BCUT2D eigenvalue weighted by molar-refractivity contribution is -0.898. The van der Waals surface area contributed by atoms with Crippen molar-refractivity contribution < 1.29 is 23.4 Å². The van der Waals surface area contributed by atoms with E-state index in [4.69, 9.17) is 4.52 Å². The van der Waals surface area contributed by atoms with E-state index in [1.807, 2.05) is 0 Å². The highest BCUT2D eigenvalue weighted by Gasteiger charge is 2.13. The van der Waals surface area contributed by atoms with E-state index in [0.717, 1.165) is 19.3 Å². The van der Waals surface area contributed by atoms with Crippen molar-refractivity contribution >= 4 is 7.82 Å². The molecule has 6 nitrogen and oxygen atoms in total. The molecule has 0 saturated heterocycles. The molecule has 0 heterocycles. The van der Waals surface area contributed by atoms with Crippen LogP contribution in [0.15, 0.2) is 0 Å². The normalized spacial score (nSPS) is 14.6. The molecule has 0 aromatic heterocycles. The molecule has 2 atom stereocenters. The van der Waals surface area contributed by atoms with Gasteiger partial charge in [0.2, 0.25) is 0 Å². The van der Waals surface area contributed by atoms with Crippen LogP contribution in [0.5, 0.6) is 0 Å². The maximum absolute atomic E-state index is 11.1. The Morgan fingerprint density at radius 3 is 1.64 bits per heavy atom. The largest absolute Gasteiger partial charge is 0.756 e. The van der Waals surface area contributed by atoms with E-state index in [1.165, 1.54) is 56.3 Å². The average molecular weight is 425 g/mol. The summed E-state index contributed by atoms with van der Waals surface area (Å²) in [6.07, 6.45) is 14.1. The van der Waals surface area contributed by atoms with E-state index in [2.05, 4.69) is 51.5 Å². The fraction of sp³-hybridized carbons (Fsp3) is 1.00. The summed E-state index contributed by atoms with van der Waals surface area (Å²) < 4.78 is 20.3. The zero-order valence-electron chi connectivity index (χ0n) is 19.8. The first-order chi connectivity index (χ1) is 13.2. The third kappa shape index (κ3) is 20.8.